The highest BCUT2D eigenvalue weighted by Gasteiger charge is 2.24. The second-order valence-electron chi connectivity index (χ2n) is 8.00. The highest BCUT2D eigenvalue weighted by atomic mass is 35.5. The van der Waals surface area contributed by atoms with Crippen molar-refractivity contribution in [2.24, 2.45) is 0 Å². The summed E-state index contributed by atoms with van der Waals surface area (Å²) in [5.41, 5.74) is 3.86. The number of aryl methyl sites for hydroxylation is 1. The van der Waals surface area contributed by atoms with Gasteiger partial charge in [0.1, 0.15) is 17.3 Å². The number of hydrogen-bond donors (Lipinski definition) is 0. The molecule has 1 heterocycles. The maximum atomic E-state index is 6.59. The second-order valence-corrected chi connectivity index (χ2v) is 9.25. The van der Waals surface area contributed by atoms with Crippen LogP contribution in [0.4, 0.5) is 5.82 Å². The fourth-order valence-electron chi connectivity index (χ4n) is 4.27. The fourth-order valence-corrected chi connectivity index (χ4v) is 5.25. The van der Waals surface area contributed by atoms with E-state index in [2.05, 4.69) is 43.3 Å². The molecule has 7 heteroatoms. The van der Waals surface area contributed by atoms with Crippen LogP contribution < -0.4 is 9.64 Å². The number of anilines is 1. The molecule has 0 N–H and O–H groups in total. The van der Waals surface area contributed by atoms with Crippen molar-refractivity contribution < 1.29 is 4.74 Å². The van der Waals surface area contributed by atoms with Crippen LogP contribution >= 0.6 is 34.8 Å². The second kappa shape index (κ2) is 9.84. The molecule has 1 aromatic heterocycles. The molecular formula is C26H26Cl3N3O. The third-order valence-corrected chi connectivity index (χ3v) is 6.44. The zero-order valence-corrected chi connectivity index (χ0v) is 21.4. The van der Waals surface area contributed by atoms with Crippen molar-refractivity contribution in [1.82, 2.24) is 9.78 Å². The summed E-state index contributed by atoms with van der Waals surface area (Å²) in [6.07, 6.45) is 1.43. The number of nitrogens with zero attached hydrogens (tertiary/aromatic N) is 3. The lowest BCUT2D eigenvalue weighted by Gasteiger charge is -2.20. The molecule has 0 aliphatic rings. The van der Waals surface area contributed by atoms with Crippen LogP contribution in [0.25, 0.3) is 16.5 Å². The Morgan fingerprint density at radius 3 is 2.27 bits per heavy atom. The Bertz CT molecular complexity index is 1290. The average molecular weight is 503 g/mol. The number of ether oxygens (including phenoxy) is 1. The van der Waals surface area contributed by atoms with Gasteiger partial charge in [-0.2, -0.15) is 5.10 Å². The van der Waals surface area contributed by atoms with Crippen molar-refractivity contribution in [3.05, 3.63) is 80.4 Å². The Morgan fingerprint density at radius 1 is 0.939 bits per heavy atom. The topological polar surface area (TPSA) is 30.3 Å². The number of hydrogen-bond acceptors (Lipinski definition) is 3. The van der Waals surface area contributed by atoms with Crippen LogP contribution in [0.3, 0.4) is 0 Å². The number of rotatable bonds is 7. The molecule has 0 radical (unpaired) electrons. The molecule has 4 nitrogen and oxygen atoms in total. The lowest BCUT2D eigenvalue weighted by Crippen LogP contribution is -2.16. The molecule has 172 valence electrons. The van der Waals surface area contributed by atoms with Crippen LogP contribution in [0, 0.1) is 0 Å². The van der Waals surface area contributed by atoms with Gasteiger partial charge >= 0.3 is 0 Å². The Kier molecular flexibility index (Phi) is 7.08. The van der Waals surface area contributed by atoms with E-state index in [1.807, 2.05) is 30.6 Å². The van der Waals surface area contributed by atoms with Crippen molar-refractivity contribution in [3.63, 3.8) is 0 Å². The molecule has 4 rings (SSSR count). The molecule has 0 aliphatic carbocycles. The first kappa shape index (κ1) is 23.7. The van der Waals surface area contributed by atoms with Gasteiger partial charge in [0.25, 0.3) is 0 Å². The van der Waals surface area contributed by atoms with E-state index in [0.29, 0.717) is 33.8 Å². The van der Waals surface area contributed by atoms with Crippen LogP contribution in [-0.4, -0.2) is 30.5 Å². The zero-order valence-electron chi connectivity index (χ0n) is 19.1. The van der Waals surface area contributed by atoms with Gasteiger partial charge in [-0.25, -0.2) is 4.68 Å². The summed E-state index contributed by atoms with van der Waals surface area (Å²) in [5.74, 6) is 1.81. The van der Waals surface area contributed by atoms with E-state index in [1.165, 1.54) is 10.8 Å². The Balaban J connectivity index is 1.96. The number of fused-ring (bicyclic) bond motifs is 1. The average Bonchev–Trinajstić information content (AvgIpc) is 3.12. The molecule has 0 bridgehead atoms. The first-order valence-corrected chi connectivity index (χ1v) is 12.1. The molecule has 0 atom stereocenters. The Hall–Kier alpha value is -2.40. The maximum absolute atomic E-state index is 6.59. The molecule has 0 spiro atoms. The van der Waals surface area contributed by atoms with Crippen molar-refractivity contribution in [3.8, 4) is 11.4 Å². The highest BCUT2D eigenvalue weighted by molar-refractivity contribution is 6.40. The van der Waals surface area contributed by atoms with Crippen LogP contribution in [0.15, 0.2) is 48.5 Å². The molecule has 0 fully saturated rings. The van der Waals surface area contributed by atoms with E-state index in [1.54, 1.807) is 12.1 Å². The van der Waals surface area contributed by atoms with Gasteiger partial charge in [-0.3, -0.25) is 0 Å². The third kappa shape index (κ3) is 4.52. The van der Waals surface area contributed by atoms with Gasteiger partial charge in [-0.15, -0.1) is 0 Å². The minimum Gasteiger partial charge on any atom is -0.494 e. The molecule has 0 aliphatic heterocycles. The predicted octanol–water partition coefficient (Wildman–Crippen LogP) is 7.60. The van der Waals surface area contributed by atoms with Gasteiger partial charge < -0.3 is 9.64 Å². The molecule has 0 saturated carbocycles. The molecule has 0 amide bonds. The van der Waals surface area contributed by atoms with Gasteiger partial charge in [0.2, 0.25) is 0 Å². The Labute approximate surface area is 209 Å². The van der Waals surface area contributed by atoms with E-state index in [0.717, 1.165) is 34.8 Å². The normalized spacial score (nSPS) is 11.2. The van der Waals surface area contributed by atoms with Crippen molar-refractivity contribution >= 4 is 51.4 Å². The minimum absolute atomic E-state index is 0.451. The van der Waals surface area contributed by atoms with E-state index in [-0.39, 0.29) is 0 Å². The third-order valence-electron chi connectivity index (χ3n) is 5.64. The largest absolute Gasteiger partial charge is 0.494 e. The van der Waals surface area contributed by atoms with Gasteiger partial charge in [0, 0.05) is 36.7 Å². The lowest BCUT2D eigenvalue weighted by atomic mass is 9.96. The van der Waals surface area contributed by atoms with Gasteiger partial charge in [0.15, 0.2) is 0 Å². The van der Waals surface area contributed by atoms with Crippen molar-refractivity contribution in [2.75, 3.05) is 25.6 Å². The molecule has 33 heavy (non-hydrogen) atoms. The smallest absolute Gasteiger partial charge is 0.135 e. The summed E-state index contributed by atoms with van der Waals surface area (Å²) < 4.78 is 7.87. The predicted molar refractivity (Wildman–Crippen MR) is 140 cm³/mol. The summed E-state index contributed by atoms with van der Waals surface area (Å²) in [5, 5.41) is 8.68. The zero-order chi connectivity index (χ0) is 23.7. The first-order valence-electron chi connectivity index (χ1n) is 10.9. The Morgan fingerprint density at radius 2 is 1.64 bits per heavy atom. The summed E-state index contributed by atoms with van der Waals surface area (Å²) in [6.45, 7) is 4.71. The van der Waals surface area contributed by atoms with Crippen LogP contribution in [0.2, 0.25) is 15.1 Å². The maximum Gasteiger partial charge on any atom is 0.135 e. The van der Waals surface area contributed by atoms with Crippen LogP contribution in [0.5, 0.6) is 5.75 Å². The lowest BCUT2D eigenvalue weighted by molar-refractivity contribution is 0.337. The number of halogens is 3. The SMILES string of the molecule is CCOc1ccc2ccccc2c1Cc1c(CC)nn(-c2c(Cl)cc(Cl)cc2Cl)c1N(C)C. The van der Waals surface area contributed by atoms with E-state index < -0.39 is 0 Å². The number of benzene rings is 3. The monoisotopic (exact) mass is 501 g/mol. The van der Waals surface area contributed by atoms with Crippen molar-refractivity contribution in [2.45, 2.75) is 26.7 Å². The van der Waals surface area contributed by atoms with E-state index >= 15 is 0 Å². The molecule has 0 saturated heterocycles. The summed E-state index contributed by atoms with van der Waals surface area (Å²) in [4.78, 5) is 2.05. The van der Waals surface area contributed by atoms with Crippen LogP contribution in [0.1, 0.15) is 30.7 Å². The van der Waals surface area contributed by atoms with Gasteiger partial charge in [0.05, 0.1) is 22.3 Å². The quantitative estimate of drug-likeness (QED) is 0.260. The van der Waals surface area contributed by atoms with Gasteiger partial charge in [-0.1, -0.05) is 72.1 Å². The summed E-state index contributed by atoms with van der Waals surface area (Å²) >= 11 is 19.3. The summed E-state index contributed by atoms with van der Waals surface area (Å²) in [7, 11) is 4.00. The molecular weight excluding hydrogens is 477 g/mol. The van der Waals surface area contributed by atoms with E-state index in [9.17, 15) is 0 Å². The highest BCUT2D eigenvalue weighted by Crippen LogP contribution is 2.39. The van der Waals surface area contributed by atoms with Crippen LogP contribution in [-0.2, 0) is 12.8 Å². The minimum atomic E-state index is 0.451. The fraction of sp³-hybridized carbons (Fsp3) is 0.269. The number of aromatic nitrogens is 2. The van der Waals surface area contributed by atoms with E-state index in [4.69, 9.17) is 44.6 Å². The first-order chi connectivity index (χ1) is 15.8. The standard InChI is InChI=1S/C26H26Cl3N3O/c1-5-23-20(15-19-18-10-8-7-9-16(18)11-12-24(19)33-6-2)26(31(3)4)32(30-23)25-21(28)13-17(27)14-22(25)29/h7-14H,5-6,15H2,1-4H3. The van der Waals surface area contributed by atoms with Gasteiger partial charge in [-0.05, 0) is 42.3 Å². The molecule has 3 aromatic carbocycles. The summed E-state index contributed by atoms with van der Waals surface area (Å²) in [6, 6.07) is 15.9. The molecule has 4 aromatic rings. The van der Waals surface area contributed by atoms with Crippen molar-refractivity contribution in [1.29, 1.82) is 0 Å². The molecule has 0 unspecified atom stereocenters.